The van der Waals surface area contributed by atoms with E-state index in [4.69, 9.17) is 5.26 Å². The first kappa shape index (κ1) is 18.6. The van der Waals surface area contributed by atoms with Crippen molar-refractivity contribution < 1.29 is 9.18 Å². The summed E-state index contributed by atoms with van der Waals surface area (Å²) in [4.78, 5) is 16.4. The first-order valence-corrected chi connectivity index (χ1v) is 9.47. The summed E-state index contributed by atoms with van der Waals surface area (Å²) in [6, 6.07) is 6.63. The quantitative estimate of drug-likeness (QED) is 0.740. The fourth-order valence-electron chi connectivity index (χ4n) is 2.79. The van der Waals surface area contributed by atoms with Gasteiger partial charge in [0.15, 0.2) is 0 Å². The van der Waals surface area contributed by atoms with Gasteiger partial charge in [-0.1, -0.05) is 19.4 Å². The Bertz CT molecular complexity index is 609. The number of thioether (sulfide) groups is 1. The lowest BCUT2D eigenvalue weighted by atomic mass is 10.1. The smallest absolute Gasteiger partial charge is 0.235 e. The van der Waals surface area contributed by atoms with Crippen molar-refractivity contribution in [1.29, 1.82) is 5.26 Å². The van der Waals surface area contributed by atoms with Gasteiger partial charge >= 0.3 is 0 Å². The van der Waals surface area contributed by atoms with Crippen LogP contribution in [-0.4, -0.2) is 48.0 Å². The molecule has 1 aromatic carbocycles. The minimum absolute atomic E-state index is 0.0214. The van der Waals surface area contributed by atoms with E-state index in [2.05, 4.69) is 6.92 Å². The van der Waals surface area contributed by atoms with Crippen LogP contribution in [-0.2, 0) is 4.79 Å². The van der Waals surface area contributed by atoms with Gasteiger partial charge in [0.25, 0.3) is 0 Å². The fourth-order valence-corrected chi connectivity index (χ4v) is 3.89. The molecule has 1 heterocycles. The van der Waals surface area contributed by atoms with Crippen LogP contribution >= 0.6 is 11.8 Å². The number of nitrogens with zero attached hydrogens (tertiary/aromatic N) is 3. The van der Waals surface area contributed by atoms with Crippen molar-refractivity contribution in [2.75, 3.05) is 36.8 Å². The van der Waals surface area contributed by atoms with E-state index >= 15 is 0 Å². The van der Waals surface area contributed by atoms with Crippen molar-refractivity contribution in [3.05, 3.63) is 29.6 Å². The molecule has 1 unspecified atom stereocenters. The van der Waals surface area contributed by atoms with Crippen LogP contribution in [0.2, 0.25) is 0 Å². The van der Waals surface area contributed by atoms with Gasteiger partial charge in [-0.2, -0.15) is 5.26 Å². The minimum atomic E-state index is -0.491. The maximum absolute atomic E-state index is 13.7. The number of halogens is 1. The lowest BCUT2D eigenvalue weighted by Gasteiger charge is -2.37. The molecule has 6 heteroatoms. The van der Waals surface area contributed by atoms with Crippen LogP contribution in [0.15, 0.2) is 18.2 Å². The van der Waals surface area contributed by atoms with E-state index < -0.39 is 5.82 Å². The summed E-state index contributed by atoms with van der Waals surface area (Å²) in [6.45, 7) is 6.58. The molecule has 0 aromatic heterocycles. The molecule has 4 nitrogen and oxygen atoms in total. The first-order chi connectivity index (χ1) is 11.6. The SMILES string of the molecule is CCCCSC(C)C(=O)N1CCN(c2cccc(F)c2C#N)CC1. The number of rotatable bonds is 6. The van der Waals surface area contributed by atoms with E-state index in [0.717, 1.165) is 18.6 Å². The van der Waals surface area contributed by atoms with E-state index in [1.807, 2.05) is 22.8 Å². The van der Waals surface area contributed by atoms with E-state index in [1.165, 1.54) is 6.07 Å². The average molecular weight is 349 g/mol. The normalized spacial score (nSPS) is 15.9. The molecule has 1 aromatic rings. The summed E-state index contributed by atoms with van der Waals surface area (Å²) in [7, 11) is 0. The standard InChI is InChI=1S/C18H24FN3OS/c1-3-4-12-24-14(2)18(23)22-10-8-21(9-11-22)17-7-5-6-16(19)15(17)13-20/h5-7,14H,3-4,8-12H2,1-2H3. The van der Waals surface area contributed by atoms with Crippen molar-refractivity contribution in [3.8, 4) is 6.07 Å². The summed E-state index contributed by atoms with van der Waals surface area (Å²) in [5.41, 5.74) is 0.704. The van der Waals surface area contributed by atoms with Gasteiger partial charge in [0.2, 0.25) is 5.91 Å². The maximum atomic E-state index is 13.7. The van der Waals surface area contributed by atoms with E-state index in [0.29, 0.717) is 31.9 Å². The van der Waals surface area contributed by atoms with Crippen LogP contribution in [0.25, 0.3) is 0 Å². The molecule has 0 bridgehead atoms. The molecule has 0 N–H and O–H groups in total. The molecule has 0 spiro atoms. The van der Waals surface area contributed by atoms with Crippen molar-refractivity contribution >= 4 is 23.4 Å². The number of benzene rings is 1. The number of nitriles is 1. The highest BCUT2D eigenvalue weighted by atomic mass is 32.2. The molecular formula is C18H24FN3OS. The second-order valence-corrected chi connectivity index (χ2v) is 7.37. The predicted octanol–water partition coefficient (Wildman–Crippen LogP) is 3.27. The summed E-state index contributed by atoms with van der Waals surface area (Å²) in [5, 5.41) is 9.14. The maximum Gasteiger partial charge on any atom is 0.235 e. The average Bonchev–Trinajstić information content (AvgIpc) is 2.61. The summed E-state index contributed by atoms with van der Waals surface area (Å²) in [5.74, 6) is 0.697. The van der Waals surface area contributed by atoms with Crippen molar-refractivity contribution in [3.63, 3.8) is 0 Å². The summed E-state index contributed by atoms with van der Waals surface area (Å²) in [6.07, 6.45) is 2.27. The van der Waals surface area contributed by atoms with Crippen molar-refractivity contribution in [2.24, 2.45) is 0 Å². The third-order valence-corrected chi connectivity index (χ3v) is 5.47. The Labute approximate surface area is 147 Å². The third-order valence-electron chi connectivity index (χ3n) is 4.25. The highest BCUT2D eigenvalue weighted by Crippen LogP contribution is 2.24. The molecule has 1 amide bonds. The van der Waals surface area contributed by atoms with Crippen molar-refractivity contribution in [2.45, 2.75) is 31.9 Å². The van der Waals surface area contributed by atoms with E-state index in [-0.39, 0.29) is 16.7 Å². The van der Waals surface area contributed by atoms with Crippen LogP contribution in [0.4, 0.5) is 10.1 Å². The summed E-state index contributed by atoms with van der Waals surface area (Å²) < 4.78 is 13.7. The third kappa shape index (κ3) is 4.41. The number of amides is 1. The van der Waals surface area contributed by atoms with Gasteiger partial charge in [0, 0.05) is 26.2 Å². The largest absolute Gasteiger partial charge is 0.367 e. The molecule has 24 heavy (non-hydrogen) atoms. The van der Waals surface area contributed by atoms with Gasteiger partial charge in [-0.05, 0) is 31.2 Å². The lowest BCUT2D eigenvalue weighted by molar-refractivity contribution is -0.130. The van der Waals surface area contributed by atoms with Crippen molar-refractivity contribution in [1.82, 2.24) is 4.90 Å². The van der Waals surface area contributed by atoms with Gasteiger partial charge in [0.05, 0.1) is 10.9 Å². The topological polar surface area (TPSA) is 47.3 Å². The number of carbonyl (C=O) groups is 1. The Morgan fingerprint density at radius 1 is 1.38 bits per heavy atom. The van der Waals surface area contributed by atoms with E-state index in [1.54, 1.807) is 23.9 Å². The Morgan fingerprint density at radius 3 is 2.71 bits per heavy atom. The molecule has 130 valence electrons. The number of hydrogen-bond donors (Lipinski definition) is 0. The molecule has 1 fully saturated rings. The summed E-state index contributed by atoms with van der Waals surface area (Å²) >= 11 is 1.71. The molecule has 0 saturated carbocycles. The molecule has 1 atom stereocenters. The zero-order chi connectivity index (χ0) is 17.5. The molecular weight excluding hydrogens is 325 g/mol. The van der Waals surface area contributed by atoms with Gasteiger partial charge < -0.3 is 9.80 Å². The van der Waals surface area contributed by atoms with Crippen LogP contribution in [0.3, 0.4) is 0 Å². The van der Waals surface area contributed by atoms with Crippen LogP contribution in [0.5, 0.6) is 0 Å². The molecule has 1 saturated heterocycles. The second kappa shape index (κ2) is 8.93. The zero-order valence-corrected chi connectivity index (χ0v) is 15.1. The Kier molecular flexibility index (Phi) is 6.92. The highest BCUT2D eigenvalue weighted by Gasteiger charge is 2.26. The first-order valence-electron chi connectivity index (χ1n) is 8.42. The number of unbranched alkanes of at least 4 members (excludes halogenated alkanes) is 1. The van der Waals surface area contributed by atoms with Crippen LogP contribution in [0.1, 0.15) is 32.3 Å². The van der Waals surface area contributed by atoms with Gasteiger partial charge in [-0.3, -0.25) is 4.79 Å². The molecule has 2 rings (SSSR count). The van der Waals surface area contributed by atoms with Gasteiger partial charge in [0.1, 0.15) is 17.4 Å². The molecule has 1 aliphatic rings. The number of hydrogen-bond acceptors (Lipinski definition) is 4. The van der Waals surface area contributed by atoms with Gasteiger partial charge in [-0.25, -0.2) is 4.39 Å². The number of carbonyl (C=O) groups excluding carboxylic acids is 1. The second-order valence-electron chi connectivity index (χ2n) is 5.92. The molecule has 0 aliphatic carbocycles. The zero-order valence-electron chi connectivity index (χ0n) is 14.3. The minimum Gasteiger partial charge on any atom is -0.367 e. The van der Waals surface area contributed by atoms with Crippen LogP contribution < -0.4 is 4.90 Å². The number of anilines is 1. The van der Waals surface area contributed by atoms with E-state index in [9.17, 15) is 9.18 Å². The fraction of sp³-hybridized carbons (Fsp3) is 0.556. The predicted molar refractivity (Wildman–Crippen MR) is 96.7 cm³/mol. The Balaban J connectivity index is 1.93. The Hall–Kier alpha value is -1.74. The highest BCUT2D eigenvalue weighted by molar-refractivity contribution is 8.00. The molecule has 1 aliphatic heterocycles. The van der Waals surface area contributed by atoms with Gasteiger partial charge in [-0.15, -0.1) is 11.8 Å². The monoisotopic (exact) mass is 349 g/mol. The lowest BCUT2D eigenvalue weighted by Crippen LogP contribution is -2.51. The Morgan fingerprint density at radius 2 is 2.08 bits per heavy atom. The number of piperazine rings is 1. The molecule has 0 radical (unpaired) electrons. The van der Waals surface area contributed by atoms with Crippen LogP contribution in [0, 0.1) is 17.1 Å².